The van der Waals surface area contributed by atoms with Gasteiger partial charge in [-0.1, -0.05) is 84.0 Å². The molecule has 0 spiro atoms. The second-order valence-corrected chi connectivity index (χ2v) is 10.9. The van der Waals surface area contributed by atoms with Gasteiger partial charge in [0, 0.05) is 31.9 Å². The summed E-state index contributed by atoms with van der Waals surface area (Å²) in [4.78, 5) is 2.41. The van der Waals surface area contributed by atoms with E-state index >= 15 is 0 Å². The van der Waals surface area contributed by atoms with Gasteiger partial charge in [-0.05, 0) is 31.1 Å². The Labute approximate surface area is 209 Å². The van der Waals surface area contributed by atoms with Gasteiger partial charge in [-0.25, -0.2) is 0 Å². The van der Waals surface area contributed by atoms with Crippen molar-refractivity contribution in [3.05, 3.63) is 11.6 Å². The van der Waals surface area contributed by atoms with Crippen molar-refractivity contribution in [3.8, 4) is 0 Å². The van der Waals surface area contributed by atoms with Crippen LogP contribution < -0.4 is 0 Å². The van der Waals surface area contributed by atoms with E-state index in [1.807, 2.05) is 11.8 Å². The molecule has 0 N–H and O–H groups in total. The molecule has 2 rings (SSSR count). The molecule has 4 nitrogen and oxygen atoms in total. The van der Waals surface area contributed by atoms with Gasteiger partial charge >= 0.3 is 0 Å². The Balaban J connectivity index is 1.26. The maximum absolute atomic E-state index is 5.93. The summed E-state index contributed by atoms with van der Waals surface area (Å²) in [5, 5.41) is 2.19. The van der Waals surface area contributed by atoms with Crippen molar-refractivity contribution in [2.24, 2.45) is 5.92 Å². The molecule has 2 heterocycles. The number of hydrogen-bond donors (Lipinski definition) is 0. The number of thioether (sulfide) groups is 1. The number of nitrogens with zero attached hydrogens (tertiary/aromatic N) is 1. The Morgan fingerprint density at radius 2 is 1.39 bits per heavy atom. The average Bonchev–Trinajstić information content (AvgIpc) is 3.51. The molecule has 0 aromatic carbocycles. The van der Waals surface area contributed by atoms with Gasteiger partial charge in [-0.2, -0.15) is 0 Å². The molecule has 2 atom stereocenters. The molecule has 194 valence electrons. The van der Waals surface area contributed by atoms with E-state index in [-0.39, 0.29) is 6.10 Å². The van der Waals surface area contributed by atoms with Crippen LogP contribution in [-0.4, -0.2) is 56.5 Å². The topological polar surface area (TPSA) is 30.9 Å². The van der Waals surface area contributed by atoms with Gasteiger partial charge in [0.1, 0.15) is 0 Å². The van der Waals surface area contributed by atoms with E-state index in [0.29, 0.717) is 5.92 Å². The van der Waals surface area contributed by atoms with Crippen molar-refractivity contribution >= 4 is 11.8 Å². The van der Waals surface area contributed by atoms with Crippen molar-refractivity contribution in [2.45, 2.75) is 116 Å². The molecular weight excluding hydrogens is 430 g/mol. The predicted octanol–water partition coefficient (Wildman–Crippen LogP) is 7.77. The number of unbranched alkanes of at least 4 members (excludes halogenated alkanes) is 13. The molecule has 0 unspecified atom stereocenters. The largest absolute Gasteiger partial charge is 0.381 e. The summed E-state index contributed by atoms with van der Waals surface area (Å²) in [6.45, 7) is 7.76. The Kier molecular flexibility index (Phi) is 18.5. The quantitative estimate of drug-likeness (QED) is 0.139. The Bertz CT molecular complexity index is 462. The van der Waals surface area contributed by atoms with Gasteiger partial charge in [-0.15, -0.1) is 11.8 Å². The van der Waals surface area contributed by atoms with Crippen molar-refractivity contribution in [3.63, 3.8) is 0 Å². The summed E-state index contributed by atoms with van der Waals surface area (Å²) in [6.07, 6.45) is 23.8. The van der Waals surface area contributed by atoms with Crippen LogP contribution in [0, 0.1) is 5.92 Å². The van der Waals surface area contributed by atoms with Crippen LogP contribution in [0.4, 0.5) is 0 Å². The van der Waals surface area contributed by atoms with Gasteiger partial charge in [-0.3, -0.25) is 0 Å². The highest BCUT2D eigenvalue weighted by molar-refractivity contribution is 8.02. The van der Waals surface area contributed by atoms with Crippen LogP contribution in [0.5, 0.6) is 0 Å². The van der Waals surface area contributed by atoms with E-state index < -0.39 is 0 Å². The van der Waals surface area contributed by atoms with E-state index in [0.717, 1.165) is 45.3 Å². The third-order valence-electron chi connectivity index (χ3n) is 6.81. The average molecular weight is 484 g/mol. The summed E-state index contributed by atoms with van der Waals surface area (Å²) < 4.78 is 17.7. The lowest BCUT2D eigenvalue weighted by atomic mass is 10.1. The monoisotopic (exact) mass is 483 g/mol. The molecule has 0 radical (unpaired) electrons. The van der Waals surface area contributed by atoms with Crippen LogP contribution in [0.3, 0.4) is 0 Å². The van der Waals surface area contributed by atoms with Crippen LogP contribution in [-0.2, 0) is 14.2 Å². The van der Waals surface area contributed by atoms with Crippen molar-refractivity contribution in [1.82, 2.24) is 4.90 Å². The third kappa shape index (κ3) is 16.1. The normalized spacial score (nSPS) is 20.3. The van der Waals surface area contributed by atoms with Gasteiger partial charge in [0.25, 0.3) is 0 Å². The first-order chi connectivity index (χ1) is 16.4. The summed E-state index contributed by atoms with van der Waals surface area (Å²) in [5.74, 6) is 1.70. The molecule has 0 saturated carbocycles. The third-order valence-corrected chi connectivity index (χ3v) is 7.60. The van der Waals surface area contributed by atoms with E-state index in [2.05, 4.69) is 23.4 Å². The lowest BCUT2D eigenvalue weighted by molar-refractivity contribution is 0.0141. The van der Waals surface area contributed by atoms with Gasteiger partial charge in [0.15, 0.2) is 0 Å². The highest BCUT2D eigenvalue weighted by atomic mass is 32.2. The van der Waals surface area contributed by atoms with Crippen molar-refractivity contribution < 1.29 is 14.2 Å². The molecule has 1 saturated heterocycles. The molecular formula is C28H53NO3S. The Morgan fingerprint density at radius 1 is 0.788 bits per heavy atom. The molecule has 1 fully saturated rings. The van der Waals surface area contributed by atoms with Crippen LogP contribution in [0.25, 0.3) is 0 Å². The Morgan fingerprint density at radius 3 is 2.03 bits per heavy atom. The van der Waals surface area contributed by atoms with Crippen molar-refractivity contribution in [2.75, 3.05) is 45.5 Å². The maximum atomic E-state index is 5.93. The lowest BCUT2D eigenvalue weighted by Gasteiger charge is -2.13. The SMILES string of the molecule is CCCCCCCCCCCCOC[C@@H]1CO[C@@H](COCCCCCCCN2C=CSC2)C1. The van der Waals surface area contributed by atoms with Gasteiger partial charge in [0.2, 0.25) is 0 Å². The summed E-state index contributed by atoms with van der Waals surface area (Å²) in [6, 6.07) is 0. The summed E-state index contributed by atoms with van der Waals surface area (Å²) in [7, 11) is 0. The minimum Gasteiger partial charge on any atom is -0.381 e. The molecule has 2 aliphatic heterocycles. The molecule has 0 aromatic heterocycles. The first-order valence-electron chi connectivity index (χ1n) is 14.2. The van der Waals surface area contributed by atoms with Gasteiger partial charge < -0.3 is 19.1 Å². The smallest absolute Gasteiger partial charge is 0.0813 e. The van der Waals surface area contributed by atoms with Gasteiger partial charge in [0.05, 0.1) is 31.8 Å². The number of hydrogen-bond acceptors (Lipinski definition) is 5. The molecule has 33 heavy (non-hydrogen) atoms. The highest BCUT2D eigenvalue weighted by Crippen LogP contribution is 2.21. The zero-order valence-corrected chi connectivity index (χ0v) is 22.5. The molecule has 5 heteroatoms. The highest BCUT2D eigenvalue weighted by Gasteiger charge is 2.25. The van der Waals surface area contributed by atoms with Crippen LogP contribution >= 0.6 is 11.8 Å². The minimum absolute atomic E-state index is 0.280. The second kappa shape index (κ2) is 21.1. The van der Waals surface area contributed by atoms with Crippen LogP contribution in [0.1, 0.15) is 110 Å². The number of rotatable bonds is 23. The molecule has 0 bridgehead atoms. The molecule has 0 aliphatic carbocycles. The lowest BCUT2D eigenvalue weighted by Crippen LogP contribution is -2.15. The first kappa shape index (κ1) is 29.0. The molecule has 0 aromatic rings. The summed E-state index contributed by atoms with van der Waals surface area (Å²) >= 11 is 1.89. The predicted molar refractivity (Wildman–Crippen MR) is 143 cm³/mol. The minimum atomic E-state index is 0.280. The fourth-order valence-electron chi connectivity index (χ4n) is 4.67. The van der Waals surface area contributed by atoms with Crippen molar-refractivity contribution in [1.29, 1.82) is 0 Å². The molecule has 0 amide bonds. The fourth-order valence-corrected chi connectivity index (χ4v) is 5.42. The zero-order chi connectivity index (χ0) is 23.2. The number of ether oxygens (including phenoxy) is 3. The van der Waals surface area contributed by atoms with E-state index in [9.17, 15) is 0 Å². The first-order valence-corrected chi connectivity index (χ1v) is 15.2. The summed E-state index contributed by atoms with van der Waals surface area (Å²) in [5.41, 5.74) is 0. The fraction of sp³-hybridized carbons (Fsp3) is 0.929. The van der Waals surface area contributed by atoms with Crippen LogP contribution in [0.2, 0.25) is 0 Å². The maximum Gasteiger partial charge on any atom is 0.0813 e. The standard InChI is InChI=1S/C28H53NO3S/c1-2-3-4-5-6-7-8-9-12-15-19-30-23-27-22-28(32-24-27)25-31-20-16-13-10-11-14-17-29-18-21-33-26-29/h18,21,27-28H,2-17,19-20,22-26H2,1H3/t27-,28-/m1/s1. The molecule has 2 aliphatic rings. The van der Waals surface area contributed by atoms with Crippen LogP contribution in [0.15, 0.2) is 11.6 Å². The zero-order valence-electron chi connectivity index (χ0n) is 21.7. The Hall–Kier alpha value is -0.230. The second-order valence-electron chi connectivity index (χ2n) is 10.0. The van der Waals surface area contributed by atoms with E-state index in [1.54, 1.807) is 0 Å². The van der Waals surface area contributed by atoms with E-state index in [1.165, 1.54) is 103 Å². The van der Waals surface area contributed by atoms with E-state index in [4.69, 9.17) is 14.2 Å².